The smallest absolute Gasteiger partial charge is 0.318 e. The van der Waals surface area contributed by atoms with E-state index in [0.29, 0.717) is 18.9 Å². The van der Waals surface area contributed by atoms with Crippen LogP contribution in [-0.4, -0.2) is 44.1 Å². The van der Waals surface area contributed by atoms with Gasteiger partial charge in [0.1, 0.15) is 0 Å². The number of nitrogens with one attached hydrogen (secondary N) is 2. The Balaban J connectivity index is 1.57. The summed E-state index contributed by atoms with van der Waals surface area (Å²) >= 11 is 0. The van der Waals surface area contributed by atoms with Gasteiger partial charge in [-0.25, -0.2) is 4.79 Å². The summed E-state index contributed by atoms with van der Waals surface area (Å²) in [5.74, 6) is 0.548. The van der Waals surface area contributed by atoms with Crippen molar-refractivity contribution in [2.45, 2.75) is 38.8 Å². The lowest BCUT2D eigenvalue weighted by molar-refractivity contribution is 0.193. The fraction of sp³-hybridized carbons (Fsp3) is 0.412. The molecule has 1 aromatic carbocycles. The van der Waals surface area contributed by atoms with E-state index in [4.69, 9.17) is 0 Å². The highest BCUT2D eigenvalue weighted by atomic mass is 16.2. The van der Waals surface area contributed by atoms with Crippen LogP contribution in [0.5, 0.6) is 0 Å². The Labute approximate surface area is 141 Å². The first-order valence-corrected chi connectivity index (χ1v) is 8.32. The number of H-pyrrole nitrogens is 1. The molecule has 1 aliphatic rings. The van der Waals surface area contributed by atoms with Crippen LogP contribution in [-0.2, 0) is 6.54 Å². The number of unbranched alkanes of at least 4 members (excludes halogenated alkanes) is 1. The normalized spacial score (nSPS) is 16.5. The highest BCUT2D eigenvalue weighted by molar-refractivity contribution is 5.75. The summed E-state index contributed by atoms with van der Waals surface area (Å²) < 4.78 is 0. The van der Waals surface area contributed by atoms with Gasteiger partial charge in [0.15, 0.2) is 0 Å². The summed E-state index contributed by atoms with van der Waals surface area (Å²) in [4.78, 5) is 14.3. The lowest BCUT2D eigenvalue weighted by Gasteiger charge is -2.25. The minimum absolute atomic E-state index is 0.0222. The molecule has 2 aromatic rings. The number of hydrogen-bond donors (Lipinski definition) is 2. The van der Waals surface area contributed by atoms with E-state index in [-0.39, 0.29) is 12.1 Å². The largest absolute Gasteiger partial charge is 0.334 e. The van der Waals surface area contributed by atoms with Crippen LogP contribution in [0.15, 0.2) is 36.4 Å². The van der Waals surface area contributed by atoms with E-state index in [9.17, 15) is 4.79 Å². The summed E-state index contributed by atoms with van der Waals surface area (Å²) in [7, 11) is 0. The zero-order valence-electron chi connectivity index (χ0n) is 13.8. The Kier molecular flexibility index (Phi) is 5.20. The Bertz CT molecular complexity index is 697. The van der Waals surface area contributed by atoms with E-state index in [0.717, 1.165) is 30.4 Å². The number of benzene rings is 1. The van der Waals surface area contributed by atoms with Crippen LogP contribution in [0.2, 0.25) is 0 Å². The maximum absolute atomic E-state index is 12.4. The molecule has 0 saturated carbocycles. The molecule has 3 rings (SSSR count). The molecule has 0 unspecified atom stereocenters. The monoisotopic (exact) mass is 326 g/mol. The van der Waals surface area contributed by atoms with Gasteiger partial charge in [-0.3, -0.25) is 0 Å². The molecule has 7 nitrogen and oxygen atoms in total. The third-order valence-electron chi connectivity index (χ3n) is 4.15. The van der Waals surface area contributed by atoms with E-state index in [2.05, 4.69) is 45.0 Å². The van der Waals surface area contributed by atoms with Gasteiger partial charge in [0.25, 0.3) is 0 Å². The summed E-state index contributed by atoms with van der Waals surface area (Å²) in [6, 6.07) is 7.97. The zero-order valence-corrected chi connectivity index (χ0v) is 13.8. The van der Waals surface area contributed by atoms with Crippen LogP contribution >= 0.6 is 0 Å². The van der Waals surface area contributed by atoms with E-state index in [1.165, 1.54) is 0 Å². The second-order valence-electron chi connectivity index (χ2n) is 5.88. The first-order valence-electron chi connectivity index (χ1n) is 8.32. The van der Waals surface area contributed by atoms with Gasteiger partial charge in [-0.1, -0.05) is 50.1 Å². The van der Waals surface area contributed by atoms with Gasteiger partial charge in [-0.2, -0.15) is 5.21 Å². The molecule has 0 radical (unpaired) electrons. The van der Waals surface area contributed by atoms with E-state index < -0.39 is 0 Å². The highest BCUT2D eigenvalue weighted by Crippen LogP contribution is 2.17. The molecule has 24 heavy (non-hydrogen) atoms. The van der Waals surface area contributed by atoms with Crippen molar-refractivity contribution in [3.63, 3.8) is 0 Å². The minimum Gasteiger partial charge on any atom is -0.334 e. The third-order valence-corrected chi connectivity index (χ3v) is 4.15. The number of amides is 2. The molecular weight excluding hydrogens is 304 g/mol. The molecule has 1 atom stereocenters. The van der Waals surface area contributed by atoms with Crippen LogP contribution in [0.3, 0.4) is 0 Å². The number of rotatable bonds is 6. The molecule has 0 bridgehead atoms. The van der Waals surface area contributed by atoms with Crippen LogP contribution in [0.1, 0.15) is 31.7 Å². The van der Waals surface area contributed by atoms with Crippen molar-refractivity contribution in [2.24, 2.45) is 0 Å². The van der Waals surface area contributed by atoms with Crippen molar-refractivity contribution >= 4 is 6.03 Å². The predicted molar refractivity (Wildman–Crippen MR) is 91.0 cm³/mol. The van der Waals surface area contributed by atoms with Gasteiger partial charge in [-0.15, -0.1) is 10.2 Å². The van der Waals surface area contributed by atoms with Crippen molar-refractivity contribution in [1.82, 2.24) is 30.8 Å². The molecule has 7 heteroatoms. The fourth-order valence-corrected chi connectivity index (χ4v) is 2.85. The van der Waals surface area contributed by atoms with Gasteiger partial charge in [0.05, 0.1) is 6.04 Å². The van der Waals surface area contributed by atoms with E-state index in [1.807, 2.05) is 29.2 Å². The molecule has 126 valence electrons. The Morgan fingerprint density at radius 3 is 3.17 bits per heavy atom. The Morgan fingerprint density at radius 2 is 2.38 bits per heavy atom. The fourth-order valence-electron chi connectivity index (χ4n) is 2.85. The SMILES string of the molecule is CCCC[C@@H]1C=CCN1C(=O)NCc1cccc(-c2nn[nH]n2)c1. The number of hydrogen-bond acceptors (Lipinski definition) is 4. The van der Waals surface area contributed by atoms with Gasteiger partial charge >= 0.3 is 6.03 Å². The summed E-state index contributed by atoms with van der Waals surface area (Å²) in [5.41, 5.74) is 1.88. The molecule has 0 saturated heterocycles. The van der Waals surface area contributed by atoms with Gasteiger partial charge in [0.2, 0.25) is 5.82 Å². The Morgan fingerprint density at radius 1 is 1.46 bits per heavy atom. The summed E-state index contributed by atoms with van der Waals surface area (Å²) in [6.45, 7) is 3.32. The first kappa shape index (κ1) is 16.2. The average molecular weight is 326 g/mol. The van der Waals surface area contributed by atoms with Crippen LogP contribution in [0.4, 0.5) is 4.79 Å². The number of urea groups is 1. The van der Waals surface area contributed by atoms with Crippen molar-refractivity contribution in [3.05, 3.63) is 42.0 Å². The average Bonchev–Trinajstić information content (AvgIpc) is 3.29. The van der Waals surface area contributed by atoms with Crippen LogP contribution in [0.25, 0.3) is 11.4 Å². The summed E-state index contributed by atoms with van der Waals surface area (Å²) in [6.07, 6.45) is 7.49. The van der Waals surface area contributed by atoms with E-state index in [1.54, 1.807) is 0 Å². The highest BCUT2D eigenvalue weighted by Gasteiger charge is 2.23. The third kappa shape index (κ3) is 3.79. The molecule has 1 aromatic heterocycles. The minimum atomic E-state index is -0.0222. The number of carbonyl (C=O) groups excluding carboxylic acids is 1. The van der Waals surface area contributed by atoms with Gasteiger partial charge in [0, 0.05) is 18.7 Å². The lowest BCUT2D eigenvalue weighted by atomic mass is 10.1. The van der Waals surface area contributed by atoms with Gasteiger partial charge in [-0.05, 0) is 23.3 Å². The molecule has 0 spiro atoms. The molecule has 1 aliphatic heterocycles. The van der Waals surface area contributed by atoms with Crippen molar-refractivity contribution < 1.29 is 4.79 Å². The predicted octanol–water partition coefficient (Wildman–Crippen LogP) is 2.51. The summed E-state index contributed by atoms with van der Waals surface area (Å²) in [5, 5.41) is 17.0. The van der Waals surface area contributed by atoms with E-state index >= 15 is 0 Å². The maximum atomic E-state index is 12.4. The van der Waals surface area contributed by atoms with Gasteiger partial charge < -0.3 is 10.2 Å². The number of carbonyl (C=O) groups is 1. The number of aromatic amines is 1. The van der Waals surface area contributed by atoms with Crippen molar-refractivity contribution in [3.8, 4) is 11.4 Å². The molecule has 2 heterocycles. The van der Waals surface area contributed by atoms with Crippen LogP contribution in [0, 0.1) is 0 Å². The molecule has 0 fully saturated rings. The molecular formula is C17H22N6O. The maximum Gasteiger partial charge on any atom is 0.318 e. The first-order chi connectivity index (χ1) is 11.8. The number of nitrogens with zero attached hydrogens (tertiary/aromatic N) is 4. The van der Waals surface area contributed by atoms with Crippen molar-refractivity contribution in [1.29, 1.82) is 0 Å². The standard InChI is InChI=1S/C17H22N6O/c1-2-3-8-15-9-5-10-23(15)17(24)18-12-13-6-4-7-14(11-13)16-19-21-22-20-16/h4-7,9,11,15H,2-3,8,10,12H2,1H3,(H,18,24)(H,19,20,21,22)/t15-/m1/s1. The molecule has 2 N–H and O–H groups in total. The Hall–Kier alpha value is -2.70. The van der Waals surface area contributed by atoms with Crippen molar-refractivity contribution in [2.75, 3.05) is 6.54 Å². The number of tetrazole rings is 1. The second kappa shape index (κ2) is 7.72. The van der Waals surface area contributed by atoms with Crippen LogP contribution < -0.4 is 5.32 Å². The lowest BCUT2D eigenvalue weighted by Crippen LogP contribution is -2.42. The molecule has 2 amide bonds. The molecule has 0 aliphatic carbocycles. The quantitative estimate of drug-likeness (QED) is 0.799. The number of aromatic nitrogens is 4. The zero-order chi connectivity index (χ0) is 16.8. The second-order valence-corrected chi connectivity index (χ2v) is 5.88. The topological polar surface area (TPSA) is 86.8 Å².